The molecule has 0 bridgehead atoms. The van der Waals surface area contributed by atoms with Crippen LogP contribution in [0.15, 0.2) is 54.6 Å². The van der Waals surface area contributed by atoms with E-state index < -0.39 is 6.04 Å². The summed E-state index contributed by atoms with van der Waals surface area (Å²) in [6.07, 6.45) is 0.944. The summed E-state index contributed by atoms with van der Waals surface area (Å²) in [7, 11) is 0. The van der Waals surface area contributed by atoms with Gasteiger partial charge in [0.15, 0.2) is 0 Å². The summed E-state index contributed by atoms with van der Waals surface area (Å²) in [4.78, 5) is 54.0. The standard InChI is InChI=1S/C26H31N3O4/c1-4-22(24(31)27-18(2)3)29(17-19-11-6-5-7-12-19)23(30)15-10-16-28-25(32)20-13-8-9-14-21(20)26(28)33/h5-9,11-14,18,22H,4,10,15-17H2,1-3H3,(H,27,31)/t22-/m1/s1. The van der Waals surface area contributed by atoms with Crippen molar-refractivity contribution >= 4 is 23.6 Å². The summed E-state index contributed by atoms with van der Waals surface area (Å²) < 4.78 is 0. The van der Waals surface area contributed by atoms with Gasteiger partial charge in [-0.3, -0.25) is 24.1 Å². The van der Waals surface area contributed by atoms with E-state index in [1.165, 1.54) is 4.90 Å². The predicted molar refractivity (Wildman–Crippen MR) is 125 cm³/mol. The topological polar surface area (TPSA) is 86.8 Å². The zero-order valence-electron chi connectivity index (χ0n) is 19.4. The lowest BCUT2D eigenvalue weighted by Gasteiger charge is -2.31. The summed E-state index contributed by atoms with van der Waals surface area (Å²) in [5, 5.41) is 2.91. The van der Waals surface area contributed by atoms with Crippen LogP contribution in [0.5, 0.6) is 0 Å². The molecule has 0 aromatic heterocycles. The third kappa shape index (κ3) is 5.66. The molecule has 7 heteroatoms. The van der Waals surface area contributed by atoms with Crippen LogP contribution < -0.4 is 5.32 Å². The molecule has 2 aromatic carbocycles. The Balaban J connectivity index is 1.69. The fraction of sp³-hybridized carbons (Fsp3) is 0.385. The Morgan fingerprint density at radius 3 is 2.06 bits per heavy atom. The molecule has 0 unspecified atom stereocenters. The van der Waals surface area contributed by atoms with E-state index in [1.54, 1.807) is 29.2 Å². The summed E-state index contributed by atoms with van der Waals surface area (Å²) in [6, 6.07) is 15.7. The second-order valence-corrected chi connectivity index (χ2v) is 8.51. The van der Waals surface area contributed by atoms with Gasteiger partial charge in [-0.25, -0.2) is 0 Å². The molecular formula is C26H31N3O4. The predicted octanol–water partition coefficient (Wildman–Crippen LogP) is 3.39. The van der Waals surface area contributed by atoms with Gasteiger partial charge < -0.3 is 10.2 Å². The van der Waals surface area contributed by atoms with E-state index in [0.717, 1.165) is 5.56 Å². The first kappa shape index (κ1) is 24.2. The molecule has 1 N–H and O–H groups in total. The van der Waals surface area contributed by atoms with Gasteiger partial charge in [0.05, 0.1) is 11.1 Å². The number of carbonyl (C=O) groups excluding carboxylic acids is 4. The van der Waals surface area contributed by atoms with Crippen molar-refractivity contribution in [3.05, 3.63) is 71.3 Å². The number of benzene rings is 2. The maximum atomic E-state index is 13.3. The minimum absolute atomic E-state index is 0.0333. The Morgan fingerprint density at radius 1 is 0.939 bits per heavy atom. The Labute approximate surface area is 194 Å². The number of hydrogen-bond acceptors (Lipinski definition) is 4. The average Bonchev–Trinajstić information content (AvgIpc) is 3.04. The van der Waals surface area contributed by atoms with Gasteiger partial charge in [0.25, 0.3) is 11.8 Å². The smallest absolute Gasteiger partial charge is 0.261 e. The zero-order valence-corrected chi connectivity index (χ0v) is 19.4. The van der Waals surface area contributed by atoms with Crippen LogP contribution in [0.4, 0.5) is 0 Å². The largest absolute Gasteiger partial charge is 0.352 e. The molecule has 0 radical (unpaired) electrons. The molecule has 4 amide bonds. The van der Waals surface area contributed by atoms with Crippen molar-refractivity contribution in [3.8, 4) is 0 Å². The molecule has 1 aliphatic heterocycles. The Morgan fingerprint density at radius 2 is 1.52 bits per heavy atom. The van der Waals surface area contributed by atoms with Crippen LogP contribution in [-0.4, -0.2) is 52.1 Å². The quantitative estimate of drug-likeness (QED) is 0.563. The molecule has 0 saturated heterocycles. The van der Waals surface area contributed by atoms with Gasteiger partial charge in [0.2, 0.25) is 11.8 Å². The van der Waals surface area contributed by atoms with Gasteiger partial charge in [-0.15, -0.1) is 0 Å². The monoisotopic (exact) mass is 449 g/mol. The van der Waals surface area contributed by atoms with Crippen LogP contribution in [0, 0.1) is 0 Å². The lowest BCUT2D eigenvalue weighted by atomic mass is 10.1. The molecule has 1 heterocycles. The number of amides is 4. The van der Waals surface area contributed by atoms with E-state index in [1.807, 2.05) is 51.1 Å². The Hall–Kier alpha value is -3.48. The first-order valence-corrected chi connectivity index (χ1v) is 11.4. The summed E-state index contributed by atoms with van der Waals surface area (Å²) >= 11 is 0. The molecule has 174 valence electrons. The summed E-state index contributed by atoms with van der Waals surface area (Å²) in [5.41, 5.74) is 1.73. The molecule has 0 saturated carbocycles. The molecule has 1 atom stereocenters. The van der Waals surface area contributed by atoms with Crippen molar-refractivity contribution < 1.29 is 19.2 Å². The maximum Gasteiger partial charge on any atom is 0.261 e. The highest BCUT2D eigenvalue weighted by Crippen LogP contribution is 2.23. The van der Waals surface area contributed by atoms with Crippen molar-refractivity contribution in [1.82, 2.24) is 15.1 Å². The third-order valence-electron chi connectivity index (χ3n) is 5.66. The molecule has 3 rings (SSSR count). The normalized spacial score (nSPS) is 13.8. The average molecular weight is 450 g/mol. The highest BCUT2D eigenvalue weighted by atomic mass is 16.2. The van der Waals surface area contributed by atoms with E-state index >= 15 is 0 Å². The van der Waals surface area contributed by atoms with Crippen LogP contribution in [0.2, 0.25) is 0 Å². The van der Waals surface area contributed by atoms with Crippen LogP contribution in [0.25, 0.3) is 0 Å². The molecule has 1 aliphatic rings. The molecule has 0 aliphatic carbocycles. The number of imide groups is 1. The number of nitrogens with zero attached hydrogens (tertiary/aromatic N) is 2. The molecular weight excluding hydrogens is 418 g/mol. The van der Waals surface area contributed by atoms with Crippen LogP contribution in [0.1, 0.15) is 66.3 Å². The zero-order chi connectivity index (χ0) is 24.0. The fourth-order valence-corrected chi connectivity index (χ4v) is 4.05. The number of fused-ring (bicyclic) bond motifs is 1. The number of nitrogens with one attached hydrogen (secondary N) is 1. The van der Waals surface area contributed by atoms with Gasteiger partial charge in [-0.05, 0) is 44.4 Å². The lowest BCUT2D eigenvalue weighted by Crippen LogP contribution is -2.50. The number of hydrogen-bond donors (Lipinski definition) is 1. The van der Waals surface area contributed by atoms with Crippen molar-refractivity contribution in [2.24, 2.45) is 0 Å². The van der Waals surface area contributed by atoms with Gasteiger partial charge in [0, 0.05) is 25.6 Å². The lowest BCUT2D eigenvalue weighted by molar-refractivity contribution is -0.141. The van der Waals surface area contributed by atoms with Gasteiger partial charge in [0.1, 0.15) is 6.04 Å². The molecule has 7 nitrogen and oxygen atoms in total. The van der Waals surface area contributed by atoms with Crippen molar-refractivity contribution in [2.75, 3.05) is 6.54 Å². The third-order valence-corrected chi connectivity index (χ3v) is 5.66. The highest BCUT2D eigenvalue weighted by Gasteiger charge is 2.35. The first-order chi connectivity index (χ1) is 15.8. The van der Waals surface area contributed by atoms with Crippen LogP contribution in [-0.2, 0) is 16.1 Å². The number of rotatable bonds is 10. The van der Waals surface area contributed by atoms with E-state index in [-0.39, 0.29) is 42.6 Å². The van der Waals surface area contributed by atoms with Gasteiger partial charge in [-0.1, -0.05) is 49.4 Å². The second-order valence-electron chi connectivity index (χ2n) is 8.51. The first-order valence-electron chi connectivity index (χ1n) is 11.4. The summed E-state index contributed by atoms with van der Waals surface area (Å²) in [6.45, 7) is 6.13. The van der Waals surface area contributed by atoms with Crippen molar-refractivity contribution in [3.63, 3.8) is 0 Å². The molecule has 0 spiro atoms. The maximum absolute atomic E-state index is 13.3. The van der Waals surface area contributed by atoms with Crippen LogP contribution in [0.3, 0.4) is 0 Å². The van der Waals surface area contributed by atoms with E-state index in [0.29, 0.717) is 30.5 Å². The highest BCUT2D eigenvalue weighted by molar-refractivity contribution is 6.21. The van der Waals surface area contributed by atoms with Crippen LogP contribution >= 0.6 is 0 Å². The minimum Gasteiger partial charge on any atom is -0.352 e. The molecule has 33 heavy (non-hydrogen) atoms. The fourth-order valence-electron chi connectivity index (χ4n) is 4.05. The van der Waals surface area contributed by atoms with Gasteiger partial charge in [-0.2, -0.15) is 0 Å². The Bertz CT molecular complexity index is 984. The second kappa shape index (κ2) is 10.9. The Kier molecular flexibility index (Phi) is 7.98. The van der Waals surface area contributed by atoms with E-state index in [4.69, 9.17) is 0 Å². The van der Waals surface area contributed by atoms with E-state index in [9.17, 15) is 19.2 Å². The van der Waals surface area contributed by atoms with Crippen molar-refractivity contribution in [1.29, 1.82) is 0 Å². The summed E-state index contributed by atoms with van der Waals surface area (Å²) in [5.74, 6) is -1.02. The number of carbonyl (C=O) groups is 4. The minimum atomic E-state index is -0.598. The van der Waals surface area contributed by atoms with Gasteiger partial charge >= 0.3 is 0 Å². The SMILES string of the molecule is CC[C@H](C(=O)NC(C)C)N(Cc1ccccc1)C(=O)CCCN1C(=O)c2ccccc2C1=O. The van der Waals surface area contributed by atoms with E-state index in [2.05, 4.69) is 5.32 Å². The molecule has 0 fully saturated rings. The van der Waals surface area contributed by atoms with Crippen molar-refractivity contribution in [2.45, 2.75) is 58.7 Å². The molecule has 2 aromatic rings.